The number of carbonyl (C=O) groups excluding carboxylic acids is 2. The van der Waals surface area contributed by atoms with E-state index in [-0.39, 0.29) is 23.3 Å². The Kier molecular flexibility index (Phi) is 9.12. The summed E-state index contributed by atoms with van der Waals surface area (Å²) in [6.45, 7) is 6.92. The van der Waals surface area contributed by atoms with Gasteiger partial charge in [-0.1, -0.05) is 25.4 Å². The average molecular weight is 516 g/mol. The van der Waals surface area contributed by atoms with Crippen molar-refractivity contribution in [3.63, 3.8) is 0 Å². The van der Waals surface area contributed by atoms with Crippen molar-refractivity contribution >= 4 is 40.4 Å². The van der Waals surface area contributed by atoms with Crippen LogP contribution in [0.15, 0.2) is 53.5 Å². The Labute approximate surface area is 214 Å². The molecule has 0 aliphatic rings. The van der Waals surface area contributed by atoms with Gasteiger partial charge in [-0.25, -0.2) is 0 Å². The summed E-state index contributed by atoms with van der Waals surface area (Å²) >= 11 is 7.13. The fourth-order valence-corrected chi connectivity index (χ4v) is 4.77. The molecule has 0 spiro atoms. The van der Waals surface area contributed by atoms with Gasteiger partial charge >= 0.3 is 0 Å². The number of amides is 2. The molecule has 0 bridgehead atoms. The number of aromatic nitrogens is 1. The first-order chi connectivity index (χ1) is 16.7. The topological polar surface area (TPSA) is 80.6 Å². The zero-order valence-electron chi connectivity index (χ0n) is 20.3. The Balaban J connectivity index is 1.79. The predicted octanol–water partition coefficient (Wildman–Crippen LogP) is 5.07. The summed E-state index contributed by atoms with van der Waals surface area (Å²) in [5.41, 5.74) is 1.79. The number of halogens is 1. The van der Waals surface area contributed by atoms with Crippen molar-refractivity contribution in [3.8, 4) is 16.9 Å². The summed E-state index contributed by atoms with van der Waals surface area (Å²) in [7, 11) is 1.54. The van der Waals surface area contributed by atoms with Crippen LogP contribution in [-0.4, -0.2) is 36.6 Å². The molecule has 9 heteroatoms. The molecule has 35 heavy (non-hydrogen) atoms. The van der Waals surface area contributed by atoms with E-state index in [1.807, 2.05) is 32.0 Å². The van der Waals surface area contributed by atoms with Gasteiger partial charge in [-0.3, -0.25) is 14.4 Å². The van der Waals surface area contributed by atoms with E-state index in [1.165, 1.54) is 18.3 Å². The van der Waals surface area contributed by atoms with Gasteiger partial charge < -0.3 is 19.5 Å². The second-order valence-corrected chi connectivity index (χ2v) is 10.1. The number of hydrogen-bond acceptors (Lipinski definition) is 5. The molecular weight excluding hydrogens is 486 g/mol. The molecule has 0 radical (unpaired) electrons. The maximum Gasteiger partial charge on any atom is 0.261 e. The highest BCUT2D eigenvalue weighted by atomic mass is 35.5. The van der Waals surface area contributed by atoms with Crippen LogP contribution in [0.25, 0.3) is 11.1 Å². The summed E-state index contributed by atoms with van der Waals surface area (Å²) in [5, 5.41) is 2.90. The zero-order valence-corrected chi connectivity index (χ0v) is 21.9. The van der Waals surface area contributed by atoms with Gasteiger partial charge in [0.05, 0.1) is 21.9 Å². The first-order valence-corrected chi connectivity index (χ1v) is 12.6. The first kappa shape index (κ1) is 26.5. The van der Waals surface area contributed by atoms with E-state index in [9.17, 15) is 14.4 Å². The lowest BCUT2D eigenvalue weighted by Crippen LogP contribution is -2.37. The Bertz CT molecular complexity index is 1250. The Morgan fingerprint density at radius 2 is 1.97 bits per heavy atom. The molecule has 0 unspecified atom stereocenters. The van der Waals surface area contributed by atoms with Crippen molar-refractivity contribution in [3.05, 3.63) is 68.2 Å². The third-order valence-corrected chi connectivity index (χ3v) is 6.78. The highest BCUT2D eigenvalue weighted by molar-refractivity contribution is 7.18. The van der Waals surface area contributed by atoms with Crippen LogP contribution in [0.4, 0.5) is 5.69 Å². The largest absolute Gasteiger partial charge is 0.496 e. The van der Waals surface area contributed by atoms with Gasteiger partial charge in [-0.2, -0.15) is 0 Å². The molecule has 0 fully saturated rings. The molecule has 186 valence electrons. The van der Waals surface area contributed by atoms with Gasteiger partial charge in [-0.05, 0) is 48.7 Å². The number of anilines is 1. The minimum absolute atomic E-state index is 0.0145. The number of nitrogens with zero attached hydrogens (tertiary/aromatic N) is 2. The number of benzene rings is 1. The molecule has 0 aliphatic carbocycles. The number of thiophene rings is 1. The fourth-order valence-electron chi connectivity index (χ4n) is 3.81. The van der Waals surface area contributed by atoms with E-state index in [0.717, 1.165) is 6.42 Å². The molecule has 3 aromatic rings. The van der Waals surface area contributed by atoms with Crippen LogP contribution in [0.3, 0.4) is 0 Å². The minimum atomic E-state index is -0.189. The number of pyridine rings is 1. The minimum Gasteiger partial charge on any atom is -0.496 e. The smallest absolute Gasteiger partial charge is 0.261 e. The molecule has 1 atom stereocenters. The number of hydrogen-bond donors (Lipinski definition) is 1. The molecule has 1 N–H and O–H groups in total. The molecule has 1 aromatic carbocycles. The monoisotopic (exact) mass is 515 g/mol. The number of nitrogens with one attached hydrogen (secondary N) is 1. The molecule has 0 saturated carbocycles. The molecule has 0 saturated heterocycles. The standard InChI is InChI=1S/C26H30ClN3O4S/c1-5-12-29-13-6-7-21(26(29)33)20-9-8-19(14-22(20)34-4)30(18(3)31)16-17(2)15-28-25(32)23-10-11-24(27)35-23/h6-11,13-14,17H,5,12,15-16H2,1-4H3,(H,28,32)/t17-/m0/s1. The van der Waals surface area contributed by atoms with E-state index < -0.39 is 0 Å². The van der Waals surface area contributed by atoms with Crippen molar-refractivity contribution in [1.82, 2.24) is 9.88 Å². The van der Waals surface area contributed by atoms with Gasteiger partial charge in [0.25, 0.3) is 11.5 Å². The molecule has 2 heterocycles. The summed E-state index contributed by atoms with van der Waals surface area (Å²) in [6.07, 6.45) is 2.63. The van der Waals surface area contributed by atoms with E-state index >= 15 is 0 Å². The van der Waals surface area contributed by atoms with Gasteiger partial charge in [0.1, 0.15) is 5.75 Å². The first-order valence-electron chi connectivity index (χ1n) is 11.4. The normalized spacial score (nSPS) is 11.7. The Hall–Kier alpha value is -3.10. The van der Waals surface area contributed by atoms with Crippen LogP contribution in [-0.2, 0) is 11.3 Å². The summed E-state index contributed by atoms with van der Waals surface area (Å²) in [4.78, 5) is 39.9. The van der Waals surface area contributed by atoms with Gasteiger partial charge in [0, 0.05) is 50.1 Å². The predicted molar refractivity (Wildman–Crippen MR) is 142 cm³/mol. The number of aryl methyl sites for hydroxylation is 1. The Morgan fingerprint density at radius 3 is 2.60 bits per heavy atom. The average Bonchev–Trinajstić information content (AvgIpc) is 3.28. The fraction of sp³-hybridized carbons (Fsp3) is 0.346. The second-order valence-electron chi connectivity index (χ2n) is 8.35. The lowest BCUT2D eigenvalue weighted by atomic mass is 10.0. The number of rotatable bonds is 10. The quantitative estimate of drug-likeness (QED) is 0.409. The van der Waals surface area contributed by atoms with Gasteiger partial charge in [0.2, 0.25) is 5.91 Å². The molecule has 0 aliphatic heterocycles. The molecule has 2 amide bonds. The zero-order chi connectivity index (χ0) is 25.5. The van der Waals surface area contributed by atoms with Crippen LogP contribution in [0.1, 0.15) is 36.9 Å². The highest BCUT2D eigenvalue weighted by Gasteiger charge is 2.19. The van der Waals surface area contributed by atoms with E-state index in [1.54, 1.807) is 47.0 Å². The third kappa shape index (κ3) is 6.52. The van der Waals surface area contributed by atoms with Gasteiger partial charge in [0.15, 0.2) is 0 Å². The van der Waals surface area contributed by atoms with Crippen molar-refractivity contribution < 1.29 is 14.3 Å². The number of methoxy groups -OCH3 is 1. The van der Waals surface area contributed by atoms with Crippen LogP contribution in [0, 0.1) is 5.92 Å². The van der Waals surface area contributed by atoms with Crippen LogP contribution in [0.5, 0.6) is 5.75 Å². The lowest BCUT2D eigenvalue weighted by Gasteiger charge is -2.26. The van der Waals surface area contributed by atoms with Crippen LogP contribution < -0.4 is 20.5 Å². The maximum atomic E-state index is 12.9. The van der Waals surface area contributed by atoms with Crippen LogP contribution >= 0.6 is 22.9 Å². The van der Waals surface area contributed by atoms with Crippen molar-refractivity contribution in [1.29, 1.82) is 0 Å². The van der Waals surface area contributed by atoms with Crippen molar-refractivity contribution in [2.45, 2.75) is 33.7 Å². The molecular formula is C26H30ClN3O4S. The van der Waals surface area contributed by atoms with E-state index in [4.69, 9.17) is 16.3 Å². The van der Waals surface area contributed by atoms with E-state index in [2.05, 4.69) is 5.32 Å². The molecule has 2 aromatic heterocycles. The van der Waals surface area contributed by atoms with Gasteiger partial charge in [-0.15, -0.1) is 11.3 Å². The van der Waals surface area contributed by atoms with Crippen LogP contribution in [0.2, 0.25) is 4.34 Å². The second kappa shape index (κ2) is 12.0. The number of carbonyl (C=O) groups is 2. The maximum absolute atomic E-state index is 12.9. The number of ether oxygens (including phenoxy) is 1. The Morgan fingerprint density at radius 1 is 1.20 bits per heavy atom. The lowest BCUT2D eigenvalue weighted by molar-refractivity contribution is -0.116. The summed E-state index contributed by atoms with van der Waals surface area (Å²) < 4.78 is 7.85. The summed E-state index contributed by atoms with van der Waals surface area (Å²) in [5.74, 6) is 0.175. The van der Waals surface area contributed by atoms with Crippen molar-refractivity contribution in [2.24, 2.45) is 5.92 Å². The van der Waals surface area contributed by atoms with E-state index in [0.29, 0.717) is 51.4 Å². The van der Waals surface area contributed by atoms with Crippen molar-refractivity contribution in [2.75, 3.05) is 25.1 Å². The third-order valence-electron chi connectivity index (χ3n) is 5.55. The highest BCUT2D eigenvalue weighted by Crippen LogP contribution is 2.32. The summed E-state index contributed by atoms with van der Waals surface area (Å²) in [6, 6.07) is 12.4. The SMILES string of the molecule is CCCn1cccc(-c2ccc(N(C[C@@H](C)CNC(=O)c3ccc(Cl)s3)C(C)=O)cc2OC)c1=O. The molecule has 3 rings (SSSR count). The molecule has 7 nitrogen and oxygen atoms in total.